The maximum Gasteiger partial charge on any atom is 1.00 e. The third-order valence-electron chi connectivity index (χ3n) is 5.89. The number of hydrogen-bond acceptors (Lipinski definition) is 5. The predicted octanol–water partition coefficient (Wildman–Crippen LogP) is 0.916. The van der Waals surface area contributed by atoms with Gasteiger partial charge in [-0.25, -0.2) is 4.98 Å². The van der Waals surface area contributed by atoms with Crippen LogP contribution in [-0.4, -0.2) is 34.7 Å². The number of aromatic amines is 1. The fourth-order valence-electron chi connectivity index (χ4n) is 4.25. The van der Waals surface area contributed by atoms with Crippen molar-refractivity contribution in [2.45, 2.75) is 39.3 Å². The zero-order valence-electron chi connectivity index (χ0n) is 19.2. The summed E-state index contributed by atoms with van der Waals surface area (Å²) in [6, 6.07) is 16.3. The Bertz CT molecular complexity index is 1390. The predicted molar refractivity (Wildman–Crippen MR) is 125 cm³/mol. The first-order chi connectivity index (χ1) is 16.2. The van der Waals surface area contributed by atoms with Gasteiger partial charge < -0.3 is 14.2 Å². The van der Waals surface area contributed by atoms with Crippen molar-refractivity contribution in [2.24, 2.45) is 0 Å². The summed E-state index contributed by atoms with van der Waals surface area (Å²) >= 11 is 6.31. The summed E-state index contributed by atoms with van der Waals surface area (Å²) < 4.78 is 4.11. The number of unbranched alkanes of at least 4 members (excludes halogenated alkanes) is 1. The van der Waals surface area contributed by atoms with Crippen molar-refractivity contribution < 1.29 is 24.0 Å². The zero-order chi connectivity index (χ0) is 22.8. The summed E-state index contributed by atoms with van der Waals surface area (Å²) in [4.78, 5) is 4.49. The molecule has 8 nitrogen and oxygen atoms in total. The minimum absolute atomic E-state index is 0. The van der Waals surface area contributed by atoms with Gasteiger partial charge in [-0.2, -0.15) is 5.21 Å². The first-order valence-corrected chi connectivity index (χ1v) is 11.3. The standard InChI is InChI=1S/C24H23ClN7O.Li/c1-2-3-11-22-26-23(25)21(15-33)32(22)14-16-7-6-10-19-17(16)12-13-31(19)20-9-5-4-8-18(20)24-27-29-30-28-24;/h4-10,12-13H,2-3,11,14-15H2,1H3,(H,27,28,29,30);/q-1;+1. The van der Waals surface area contributed by atoms with E-state index in [0.717, 1.165) is 52.8 Å². The third kappa shape index (κ3) is 4.42. The van der Waals surface area contributed by atoms with Crippen molar-refractivity contribution in [3.05, 3.63) is 77.0 Å². The van der Waals surface area contributed by atoms with E-state index in [1.807, 2.05) is 41.1 Å². The van der Waals surface area contributed by atoms with Crippen LogP contribution in [0.4, 0.5) is 0 Å². The second kappa shape index (κ2) is 10.6. The minimum atomic E-state index is -0.396. The number of imidazole rings is 1. The Morgan fingerprint density at radius 3 is 2.71 bits per heavy atom. The van der Waals surface area contributed by atoms with Gasteiger partial charge in [-0.3, -0.25) is 0 Å². The molecule has 3 aromatic heterocycles. The van der Waals surface area contributed by atoms with Crippen LogP contribution in [0, 0.1) is 0 Å². The molecule has 0 atom stereocenters. The number of tetrazole rings is 1. The van der Waals surface area contributed by atoms with Crippen molar-refractivity contribution in [3.63, 3.8) is 0 Å². The van der Waals surface area contributed by atoms with Crippen LogP contribution in [-0.2, 0) is 19.6 Å². The summed E-state index contributed by atoms with van der Waals surface area (Å²) in [5.41, 5.74) is 4.53. The number of benzene rings is 2. The molecule has 10 heteroatoms. The van der Waals surface area contributed by atoms with Gasteiger partial charge in [0.25, 0.3) is 0 Å². The summed E-state index contributed by atoms with van der Waals surface area (Å²) in [5, 5.41) is 27.8. The second-order valence-electron chi connectivity index (χ2n) is 7.89. The second-order valence-corrected chi connectivity index (χ2v) is 8.25. The smallest absolute Gasteiger partial charge is 0.850 e. The number of para-hydroxylation sites is 1. The molecule has 0 fully saturated rings. The largest absolute Gasteiger partial charge is 1.00 e. The van der Waals surface area contributed by atoms with Crippen LogP contribution in [0.25, 0.3) is 28.0 Å². The molecular weight excluding hydrogens is 445 g/mol. The van der Waals surface area contributed by atoms with E-state index in [0.29, 0.717) is 23.2 Å². The van der Waals surface area contributed by atoms with Crippen LogP contribution in [0.1, 0.15) is 36.8 Å². The first-order valence-electron chi connectivity index (χ1n) is 10.9. The number of rotatable bonds is 8. The van der Waals surface area contributed by atoms with Gasteiger partial charge in [-0.1, -0.05) is 55.8 Å². The van der Waals surface area contributed by atoms with E-state index in [-0.39, 0.29) is 18.9 Å². The minimum Gasteiger partial charge on any atom is -0.850 e. The molecule has 168 valence electrons. The van der Waals surface area contributed by atoms with E-state index in [9.17, 15) is 5.11 Å². The molecule has 1 N–H and O–H groups in total. The molecule has 0 radical (unpaired) electrons. The quantitative estimate of drug-likeness (QED) is 0.342. The fourth-order valence-corrected chi connectivity index (χ4v) is 4.51. The van der Waals surface area contributed by atoms with E-state index in [1.54, 1.807) is 0 Å². The number of H-pyrrole nitrogens is 1. The van der Waals surface area contributed by atoms with Crippen LogP contribution in [0.3, 0.4) is 0 Å². The Morgan fingerprint density at radius 2 is 1.94 bits per heavy atom. The monoisotopic (exact) mass is 467 g/mol. The SMILES string of the molecule is CCCCc1nc(Cl)c(C[O-])n1Cc1cccc2c1ccn2-c1ccccc1-c1nn[nH]n1.[Li+]. The van der Waals surface area contributed by atoms with Crippen LogP contribution < -0.4 is 24.0 Å². The molecule has 0 saturated carbocycles. The number of nitrogens with one attached hydrogen (secondary N) is 1. The molecule has 0 bridgehead atoms. The molecule has 3 heterocycles. The Morgan fingerprint density at radius 1 is 1.09 bits per heavy atom. The first kappa shape index (κ1) is 24.2. The molecule has 0 aliphatic heterocycles. The number of aryl methyl sites for hydroxylation is 1. The average molecular weight is 468 g/mol. The van der Waals surface area contributed by atoms with Crippen LogP contribution in [0.5, 0.6) is 0 Å². The number of hydrogen-bond donors (Lipinski definition) is 1. The van der Waals surface area contributed by atoms with Crippen LogP contribution in [0.15, 0.2) is 54.7 Å². The molecular formula is C24H23ClLiN7O. The Kier molecular flexibility index (Phi) is 7.54. The van der Waals surface area contributed by atoms with Gasteiger partial charge in [0.2, 0.25) is 5.82 Å². The normalized spacial score (nSPS) is 11.1. The van der Waals surface area contributed by atoms with E-state index in [1.165, 1.54) is 0 Å². The fraction of sp³-hybridized carbons (Fsp3) is 0.250. The molecule has 5 rings (SSSR count). The summed E-state index contributed by atoms with van der Waals surface area (Å²) in [6.45, 7) is 2.29. The van der Waals surface area contributed by atoms with Gasteiger partial charge >= 0.3 is 18.9 Å². The Balaban J connectivity index is 0.00000274. The number of halogens is 1. The van der Waals surface area contributed by atoms with Gasteiger partial charge in [0.1, 0.15) is 11.0 Å². The maximum absolute atomic E-state index is 11.9. The van der Waals surface area contributed by atoms with Crippen molar-refractivity contribution in [1.29, 1.82) is 0 Å². The van der Waals surface area contributed by atoms with Gasteiger partial charge in [0.05, 0.1) is 11.2 Å². The number of nitrogens with zero attached hydrogens (tertiary/aromatic N) is 6. The molecule has 0 aliphatic rings. The van der Waals surface area contributed by atoms with E-state index >= 15 is 0 Å². The summed E-state index contributed by atoms with van der Waals surface area (Å²) in [5.74, 6) is 1.41. The van der Waals surface area contributed by atoms with Gasteiger partial charge in [0.15, 0.2) is 0 Å². The van der Waals surface area contributed by atoms with Crippen LogP contribution in [0.2, 0.25) is 5.15 Å². The molecule has 5 aromatic rings. The molecule has 0 saturated heterocycles. The summed E-state index contributed by atoms with van der Waals surface area (Å²) in [6.07, 6.45) is 4.89. The topological polar surface area (TPSA) is 100 Å². The van der Waals surface area contributed by atoms with E-state index < -0.39 is 6.61 Å². The molecule has 2 aromatic carbocycles. The molecule has 0 amide bonds. The van der Waals surface area contributed by atoms with Crippen molar-refractivity contribution in [2.75, 3.05) is 0 Å². The maximum atomic E-state index is 11.9. The average Bonchev–Trinajstić information content (AvgIpc) is 3.57. The van der Waals surface area contributed by atoms with Crippen molar-refractivity contribution in [3.8, 4) is 17.1 Å². The van der Waals surface area contributed by atoms with Gasteiger partial charge in [-0.05, 0) is 41.5 Å². The van der Waals surface area contributed by atoms with Gasteiger partial charge in [-0.15, -0.1) is 10.2 Å². The molecule has 0 aliphatic carbocycles. The van der Waals surface area contributed by atoms with E-state index in [2.05, 4.69) is 55.3 Å². The van der Waals surface area contributed by atoms with Crippen molar-refractivity contribution in [1.82, 2.24) is 34.7 Å². The zero-order valence-corrected chi connectivity index (χ0v) is 20.0. The molecule has 34 heavy (non-hydrogen) atoms. The van der Waals surface area contributed by atoms with Crippen molar-refractivity contribution >= 4 is 22.5 Å². The van der Waals surface area contributed by atoms with Crippen LogP contribution >= 0.6 is 11.6 Å². The number of fused-ring (bicyclic) bond motifs is 1. The molecule has 0 unspecified atom stereocenters. The van der Waals surface area contributed by atoms with Gasteiger partial charge in [0, 0.05) is 35.8 Å². The third-order valence-corrected chi connectivity index (χ3v) is 6.20. The Labute approximate surface area is 214 Å². The summed E-state index contributed by atoms with van der Waals surface area (Å²) in [7, 11) is 0. The Hall–Kier alpha value is -2.89. The number of aromatic nitrogens is 7. The van der Waals surface area contributed by atoms with E-state index in [4.69, 9.17) is 11.6 Å². The molecule has 0 spiro atoms.